The minimum absolute atomic E-state index is 0.718. The number of benzene rings is 1. The minimum Gasteiger partial charge on any atom is -0.370 e. The van der Waals surface area contributed by atoms with Crippen LogP contribution in [0.2, 0.25) is 5.02 Å². The van der Waals surface area contributed by atoms with Gasteiger partial charge in [-0.05, 0) is 62.5 Å². The maximum absolute atomic E-state index is 5.97. The van der Waals surface area contributed by atoms with Crippen molar-refractivity contribution in [2.24, 2.45) is 5.92 Å². The molecule has 4 nitrogen and oxygen atoms in total. The van der Waals surface area contributed by atoms with Crippen LogP contribution >= 0.6 is 11.6 Å². The maximum Gasteiger partial charge on any atom is 0.161 e. The van der Waals surface area contributed by atoms with Crippen molar-refractivity contribution < 1.29 is 0 Å². The van der Waals surface area contributed by atoms with Crippen LogP contribution in [0, 0.1) is 5.92 Å². The van der Waals surface area contributed by atoms with Crippen LogP contribution in [0.25, 0.3) is 11.4 Å². The first kappa shape index (κ1) is 16.2. The van der Waals surface area contributed by atoms with Gasteiger partial charge in [-0.3, -0.25) is 0 Å². The molecule has 1 aromatic carbocycles. The Balaban J connectivity index is 1.76. The molecule has 0 atom stereocenters. The zero-order valence-corrected chi connectivity index (χ0v) is 14.2. The monoisotopic (exact) mass is 330 g/mol. The topological polar surface area (TPSA) is 49.8 Å². The van der Waals surface area contributed by atoms with Crippen molar-refractivity contribution >= 4 is 17.4 Å². The normalized spacial score (nSPS) is 15.6. The SMILES string of the molecule is CCc1cc(NCC2CCNCC2)nc(-c2ccc(Cl)cc2)n1. The summed E-state index contributed by atoms with van der Waals surface area (Å²) in [5.74, 6) is 2.39. The van der Waals surface area contributed by atoms with Gasteiger partial charge >= 0.3 is 0 Å². The van der Waals surface area contributed by atoms with Crippen molar-refractivity contribution in [1.29, 1.82) is 0 Å². The molecule has 0 bridgehead atoms. The number of piperidine rings is 1. The summed E-state index contributed by atoms with van der Waals surface area (Å²) < 4.78 is 0. The Kier molecular flexibility index (Phi) is 5.47. The van der Waals surface area contributed by atoms with Crippen molar-refractivity contribution in [3.8, 4) is 11.4 Å². The molecule has 1 aliphatic heterocycles. The molecule has 0 radical (unpaired) electrons. The van der Waals surface area contributed by atoms with Crippen LogP contribution in [-0.4, -0.2) is 29.6 Å². The number of nitrogens with one attached hydrogen (secondary N) is 2. The molecule has 2 heterocycles. The van der Waals surface area contributed by atoms with E-state index < -0.39 is 0 Å². The van der Waals surface area contributed by atoms with E-state index in [-0.39, 0.29) is 0 Å². The summed E-state index contributed by atoms with van der Waals surface area (Å²) >= 11 is 5.97. The van der Waals surface area contributed by atoms with Gasteiger partial charge in [-0.15, -0.1) is 0 Å². The van der Waals surface area contributed by atoms with E-state index in [0.29, 0.717) is 0 Å². The van der Waals surface area contributed by atoms with Gasteiger partial charge in [0.1, 0.15) is 5.82 Å². The smallest absolute Gasteiger partial charge is 0.161 e. The molecular weight excluding hydrogens is 308 g/mol. The molecule has 0 spiro atoms. The molecule has 3 rings (SSSR count). The third-order valence-electron chi connectivity index (χ3n) is 4.27. The van der Waals surface area contributed by atoms with Crippen LogP contribution in [0.5, 0.6) is 0 Å². The van der Waals surface area contributed by atoms with Gasteiger partial charge < -0.3 is 10.6 Å². The van der Waals surface area contributed by atoms with Gasteiger partial charge in [0.2, 0.25) is 0 Å². The third kappa shape index (κ3) is 4.43. The summed E-state index contributed by atoms with van der Waals surface area (Å²) in [6, 6.07) is 9.74. The number of hydrogen-bond acceptors (Lipinski definition) is 4. The summed E-state index contributed by atoms with van der Waals surface area (Å²) in [5.41, 5.74) is 2.05. The summed E-state index contributed by atoms with van der Waals surface area (Å²) in [5, 5.41) is 7.63. The molecule has 2 N–H and O–H groups in total. The average Bonchev–Trinajstić information content (AvgIpc) is 2.61. The number of nitrogens with zero attached hydrogens (tertiary/aromatic N) is 2. The van der Waals surface area contributed by atoms with Crippen LogP contribution < -0.4 is 10.6 Å². The lowest BCUT2D eigenvalue weighted by Gasteiger charge is -2.23. The Bertz CT molecular complexity index is 636. The van der Waals surface area contributed by atoms with E-state index in [9.17, 15) is 0 Å². The van der Waals surface area contributed by atoms with E-state index in [1.807, 2.05) is 24.3 Å². The van der Waals surface area contributed by atoms with E-state index in [1.165, 1.54) is 12.8 Å². The summed E-state index contributed by atoms with van der Waals surface area (Å²) in [6.07, 6.45) is 3.34. The van der Waals surface area contributed by atoms with Crippen molar-refractivity contribution in [3.63, 3.8) is 0 Å². The first-order valence-electron chi connectivity index (χ1n) is 8.33. The second kappa shape index (κ2) is 7.75. The lowest BCUT2D eigenvalue weighted by atomic mass is 9.98. The Morgan fingerprint density at radius 2 is 1.91 bits per heavy atom. The predicted octanol–water partition coefficient (Wildman–Crippen LogP) is 3.77. The molecule has 2 aromatic rings. The van der Waals surface area contributed by atoms with Crippen molar-refractivity contribution in [1.82, 2.24) is 15.3 Å². The minimum atomic E-state index is 0.718. The summed E-state index contributed by atoms with van der Waals surface area (Å²) in [7, 11) is 0. The Morgan fingerprint density at radius 1 is 1.17 bits per heavy atom. The molecule has 5 heteroatoms. The Hall–Kier alpha value is -1.65. The molecule has 1 saturated heterocycles. The third-order valence-corrected chi connectivity index (χ3v) is 4.53. The molecule has 1 aliphatic rings. The molecule has 0 amide bonds. The van der Waals surface area contributed by atoms with E-state index >= 15 is 0 Å². The van der Waals surface area contributed by atoms with E-state index in [0.717, 1.165) is 59.9 Å². The Morgan fingerprint density at radius 3 is 2.61 bits per heavy atom. The van der Waals surface area contributed by atoms with Crippen LogP contribution in [0.15, 0.2) is 30.3 Å². The summed E-state index contributed by atoms with van der Waals surface area (Å²) in [6.45, 7) is 5.32. The lowest BCUT2D eigenvalue weighted by molar-refractivity contribution is 0.389. The molecule has 0 aliphatic carbocycles. The second-order valence-electron chi connectivity index (χ2n) is 6.00. The van der Waals surface area contributed by atoms with E-state index in [2.05, 4.69) is 33.6 Å². The van der Waals surface area contributed by atoms with Gasteiger partial charge in [-0.2, -0.15) is 0 Å². The molecular formula is C18H23ClN4. The fraction of sp³-hybridized carbons (Fsp3) is 0.444. The van der Waals surface area contributed by atoms with Crippen molar-refractivity contribution in [3.05, 3.63) is 41.0 Å². The van der Waals surface area contributed by atoms with Gasteiger partial charge in [0.25, 0.3) is 0 Å². The standard InChI is InChI=1S/C18H23ClN4/c1-2-16-11-17(21-12-13-7-9-20-10-8-13)23-18(22-16)14-3-5-15(19)6-4-14/h3-6,11,13,20H,2,7-10,12H2,1H3,(H,21,22,23). The van der Waals surface area contributed by atoms with Gasteiger partial charge in [0.05, 0.1) is 0 Å². The highest BCUT2D eigenvalue weighted by Crippen LogP contribution is 2.21. The van der Waals surface area contributed by atoms with Gasteiger partial charge in [-0.1, -0.05) is 18.5 Å². The highest BCUT2D eigenvalue weighted by molar-refractivity contribution is 6.30. The molecule has 23 heavy (non-hydrogen) atoms. The van der Waals surface area contributed by atoms with Gasteiger partial charge in [0, 0.05) is 28.9 Å². The zero-order chi connectivity index (χ0) is 16.1. The molecule has 122 valence electrons. The fourth-order valence-electron chi connectivity index (χ4n) is 2.83. The number of aryl methyl sites for hydroxylation is 1. The largest absolute Gasteiger partial charge is 0.370 e. The Labute approximate surface area is 142 Å². The van der Waals surface area contributed by atoms with Crippen molar-refractivity contribution in [2.75, 3.05) is 25.0 Å². The van der Waals surface area contributed by atoms with E-state index in [1.54, 1.807) is 0 Å². The quantitative estimate of drug-likeness (QED) is 0.876. The van der Waals surface area contributed by atoms with E-state index in [4.69, 9.17) is 11.6 Å². The van der Waals surface area contributed by atoms with Crippen molar-refractivity contribution in [2.45, 2.75) is 26.2 Å². The molecule has 0 saturated carbocycles. The van der Waals surface area contributed by atoms with Gasteiger partial charge in [-0.25, -0.2) is 9.97 Å². The van der Waals surface area contributed by atoms with Crippen LogP contribution in [-0.2, 0) is 6.42 Å². The molecule has 1 fully saturated rings. The highest BCUT2D eigenvalue weighted by Gasteiger charge is 2.13. The van der Waals surface area contributed by atoms with Gasteiger partial charge in [0.15, 0.2) is 5.82 Å². The number of aromatic nitrogens is 2. The molecule has 1 aromatic heterocycles. The first-order valence-corrected chi connectivity index (χ1v) is 8.71. The number of halogens is 1. The van der Waals surface area contributed by atoms with Crippen LogP contribution in [0.4, 0.5) is 5.82 Å². The fourth-order valence-corrected chi connectivity index (χ4v) is 2.96. The maximum atomic E-state index is 5.97. The van der Waals surface area contributed by atoms with Crippen LogP contribution in [0.3, 0.4) is 0 Å². The second-order valence-corrected chi connectivity index (χ2v) is 6.44. The summed E-state index contributed by atoms with van der Waals surface area (Å²) in [4.78, 5) is 9.33. The zero-order valence-electron chi connectivity index (χ0n) is 13.5. The highest BCUT2D eigenvalue weighted by atomic mass is 35.5. The van der Waals surface area contributed by atoms with Crippen LogP contribution in [0.1, 0.15) is 25.5 Å². The average molecular weight is 331 g/mol. The predicted molar refractivity (Wildman–Crippen MR) is 95.9 cm³/mol. The number of hydrogen-bond donors (Lipinski definition) is 2. The first-order chi connectivity index (χ1) is 11.2. The number of rotatable bonds is 5. The number of anilines is 1. The lowest BCUT2D eigenvalue weighted by Crippen LogP contribution is -2.31. The molecule has 0 unspecified atom stereocenters.